The van der Waals surface area contributed by atoms with E-state index in [1.165, 1.54) is 79.6 Å². The zero-order valence-corrected chi connectivity index (χ0v) is 24.6. The summed E-state index contributed by atoms with van der Waals surface area (Å²) in [6.07, 6.45) is 0.220. The number of anilines is 1. The Kier molecular flexibility index (Phi) is 10.6. The number of hydrogen-bond donors (Lipinski definition) is 1. The molecule has 3 aromatic rings. The maximum atomic E-state index is 14.0. The Morgan fingerprint density at radius 1 is 1.05 bits per heavy atom. The standard InChI is InChI=1S/C29H33FN4O7S/c1-5-26(29(36)31-6-2)32(18-21-8-10-22(30)11-9-21)28(35)19-33(23-12-14-24(41-4)15-13-23)42(39,40)25-16-7-20(3)27(17-25)34(37)38/h7-17,26H,5-6,18-19H2,1-4H3,(H,31,36)/t26-/m0/s1. The molecule has 0 aromatic heterocycles. The second kappa shape index (κ2) is 13.9. The minimum Gasteiger partial charge on any atom is -0.497 e. The van der Waals surface area contributed by atoms with Crippen molar-refractivity contribution in [3.8, 4) is 5.75 Å². The van der Waals surface area contributed by atoms with Gasteiger partial charge in [0.15, 0.2) is 0 Å². The first kappa shape index (κ1) is 32.0. The molecule has 3 rings (SSSR count). The number of carbonyl (C=O) groups is 2. The van der Waals surface area contributed by atoms with Crippen molar-refractivity contribution in [2.45, 2.75) is 44.7 Å². The third kappa shape index (κ3) is 7.40. The monoisotopic (exact) mass is 600 g/mol. The Hall–Kier alpha value is -4.52. The van der Waals surface area contributed by atoms with E-state index in [1.54, 1.807) is 13.8 Å². The first-order valence-electron chi connectivity index (χ1n) is 13.2. The number of nitro groups is 1. The molecule has 1 atom stereocenters. The molecule has 0 aliphatic carbocycles. The molecule has 0 fully saturated rings. The van der Waals surface area contributed by atoms with Crippen molar-refractivity contribution in [1.29, 1.82) is 0 Å². The van der Waals surface area contributed by atoms with Crippen LogP contribution in [0.4, 0.5) is 15.8 Å². The Labute approximate surface area is 244 Å². The van der Waals surface area contributed by atoms with Crippen LogP contribution in [0, 0.1) is 22.9 Å². The van der Waals surface area contributed by atoms with Crippen LogP contribution in [0.1, 0.15) is 31.4 Å². The molecular weight excluding hydrogens is 567 g/mol. The lowest BCUT2D eigenvalue weighted by Crippen LogP contribution is -2.52. The van der Waals surface area contributed by atoms with Crippen LogP contribution >= 0.6 is 0 Å². The highest BCUT2D eigenvalue weighted by atomic mass is 32.2. The van der Waals surface area contributed by atoms with E-state index in [1.807, 2.05) is 0 Å². The summed E-state index contributed by atoms with van der Waals surface area (Å²) in [5.41, 5.74) is 0.502. The predicted molar refractivity (Wildman–Crippen MR) is 155 cm³/mol. The summed E-state index contributed by atoms with van der Waals surface area (Å²) >= 11 is 0. The number of carbonyl (C=O) groups excluding carboxylic acids is 2. The number of rotatable bonds is 13. The zero-order chi connectivity index (χ0) is 31.0. The van der Waals surface area contributed by atoms with Gasteiger partial charge in [0.05, 0.1) is 22.6 Å². The van der Waals surface area contributed by atoms with Crippen molar-refractivity contribution < 1.29 is 32.1 Å². The lowest BCUT2D eigenvalue weighted by molar-refractivity contribution is -0.385. The van der Waals surface area contributed by atoms with Crippen LogP contribution in [0.2, 0.25) is 0 Å². The maximum absolute atomic E-state index is 14.0. The Bertz CT molecular complexity index is 1530. The van der Waals surface area contributed by atoms with E-state index in [9.17, 15) is 32.5 Å². The second-order valence-electron chi connectivity index (χ2n) is 9.38. The fourth-order valence-electron chi connectivity index (χ4n) is 4.35. The summed E-state index contributed by atoms with van der Waals surface area (Å²) in [4.78, 5) is 38.7. The number of likely N-dealkylation sites (N-methyl/N-ethyl adjacent to an activating group) is 1. The molecular formula is C29H33FN4O7S. The van der Waals surface area contributed by atoms with E-state index in [4.69, 9.17) is 4.74 Å². The third-order valence-electron chi connectivity index (χ3n) is 6.61. The average molecular weight is 601 g/mol. The molecule has 0 spiro atoms. The molecule has 0 aliphatic heterocycles. The molecule has 0 heterocycles. The quantitative estimate of drug-likeness (QED) is 0.229. The molecule has 0 aliphatic rings. The van der Waals surface area contributed by atoms with Gasteiger partial charge in [-0.05, 0) is 68.3 Å². The molecule has 0 bridgehead atoms. The maximum Gasteiger partial charge on any atom is 0.273 e. The van der Waals surface area contributed by atoms with Crippen LogP contribution < -0.4 is 14.4 Å². The first-order chi connectivity index (χ1) is 19.9. The number of nitro benzene ring substituents is 1. The van der Waals surface area contributed by atoms with Gasteiger partial charge in [-0.25, -0.2) is 12.8 Å². The molecule has 13 heteroatoms. The summed E-state index contributed by atoms with van der Waals surface area (Å²) < 4.78 is 47.6. The fraction of sp³-hybridized carbons (Fsp3) is 0.310. The third-order valence-corrected chi connectivity index (χ3v) is 8.38. The Morgan fingerprint density at radius 3 is 2.24 bits per heavy atom. The van der Waals surface area contributed by atoms with Crippen molar-refractivity contribution in [2.24, 2.45) is 0 Å². The zero-order valence-electron chi connectivity index (χ0n) is 23.7. The van der Waals surface area contributed by atoms with Gasteiger partial charge in [-0.15, -0.1) is 0 Å². The van der Waals surface area contributed by atoms with Gasteiger partial charge >= 0.3 is 0 Å². The number of ether oxygens (including phenoxy) is 1. The van der Waals surface area contributed by atoms with E-state index in [2.05, 4.69) is 5.32 Å². The summed E-state index contributed by atoms with van der Waals surface area (Å²) in [5.74, 6) is -1.17. The van der Waals surface area contributed by atoms with Crippen molar-refractivity contribution >= 4 is 33.2 Å². The van der Waals surface area contributed by atoms with Crippen LogP contribution in [-0.4, -0.2) is 56.3 Å². The van der Waals surface area contributed by atoms with Gasteiger partial charge in [-0.1, -0.05) is 25.1 Å². The van der Waals surface area contributed by atoms with Gasteiger partial charge in [-0.2, -0.15) is 0 Å². The average Bonchev–Trinajstić information content (AvgIpc) is 2.96. The first-order valence-corrected chi connectivity index (χ1v) is 14.6. The van der Waals surface area contributed by atoms with Gasteiger partial charge in [0, 0.05) is 24.7 Å². The largest absolute Gasteiger partial charge is 0.497 e. The van der Waals surface area contributed by atoms with Gasteiger partial charge in [-0.3, -0.25) is 24.0 Å². The number of benzene rings is 3. The van der Waals surface area contributed by atoms with E-state index >= 15 is 0 Å². The number of sulfonamides is 1. The molecule has 11 nitrogen and oxygen atoms in total. The van der Waals surface area contributed by atoms with Crippen LogP contribution in [0.3, 0.4) is 0 Å². The molecule has 0 radical (unpaired) electrons. The highest BCUT2D eigenvalue weighted by molar-refractivity contribution is 7.92. The smallest absolute Gasteiger partial charge is 0.273 e. The van der Waals surface area contributed by atoms with Crippen LogP contribution in [-0.2, 0) is 26.2 Å². The van der Waals surface area contributed by atoms with E-state index < -0.39 is 50.9 Å². The number of hydrogen-bond acceptors (Lipinski definition) is 7. The van der Waals surface area contributed by atoms with E-state index in [0.717, 1.165) is 10.4 Å². The lowest BCUT2D eigenvalue weighted by atomic mass is 10.1. The molecule has 2 amide bonds. The van der Waals surface area contributed by atoms with Gasteiger partial charge in [0.2, 0.25) is 11.8 Å². The fourth-order valence-corrected chi connectivity index (χ4v) is 5.78. The van der Waals surface area contributed by atoms with E-state index in [0.29, 0.717) is 17.9 Å². The van der Waals surface area contributed by atoms with Gasteiger partial charge in [0.1, 0.15) is 24.2 Å². The van der Waals surface area contributed by atoms with E-state index in [-0.39, 0.29) is 29.1 Å². The highest BCUT2D eigenvalue weighted by Crippen LogP contribution is 2.29. The van der Waals surface area contributed by atoms with Crippen LogP contribution in [0.15, 0.2) is 71.6 Å². The number of nitrogens with one attached hydrogen (secondary N) is 1. The summed E-state index contributed by atoms with van der Waals surface area (Å²) in [5, 5.41) is 14.3. The topological polar surface area (TPSA) is 139 Å². The number of halogens is 1. The number of amides is 2. The van der Waals surface area contributed by atoms with Crippen molar-refractivity contribution in [1.82, 2.24) is 10.2 Å². The number of nitrogens with zero attached hydrogens (tertiary/aromatic N) is 3. The molecule has 3 aromatic carbocycles. The molecule has 0 saturated heterocycles. The molecule has 224 valence electrons. The van der Waals surface area contributed by atoms with Gasteiger partial charge in [0.25, 0.3) is 15.7 Å². The van der Waals surface area contributed by atoms with Crippen molar-refractivity contribution in [2.75, 3.05) is 24.5 Å². The van der Waals surface area contributed by atoms with Gasteiger partial charge < -0.3 is 15.0 Å². The summed E-state index contributed by atoms with van der Waals surface area (Å²) in [6, 6.07) is 13.9. The summed E-state index contributed by atoms with van der Waals surface area (Å²) in [6.45, 7) is 4.42. The van der Waals surface area contributed by atoms with Crippen molar-refractivity contribution in [3.63, 3.8) is 0 Å². The molecule has 42 heavy (non-hydrogen) atoms. The lowest BCUT2D eigenvalue weighted by Gasteiger charge is -2.33. The highest BCUT2D eigenvalue weighted by Gasteiger charge is 2.34. The summed E-state index contributed by atoms with van der Waals surface area (Å²) in [7, 11) is -3.08. The predicted octanol–water partition coefficient (Wildman–Crippen LogP) is 4.19. The van der Waals surface area contributed by atoms with Crippen LogP contribution in [0.5, 0.6) is 5.75 Å². The minimum absolute atomic E-state index is 0.0960. The molecule has 0 saturated carbocycles. The van der Waals surface area contributed by atoms with Crippen LogP contribution in [0.25, 0.3) is 0 Å². The number of methoxy groups -OCH3 is 1. The Morgan fingerprint density at radius 2 is 1.69 bits per heavy atom. The molecule has 1 N–H and O–H groups in total. The minimum atomic E-state index is -4.53. The molecule has 0 unspecified atom stereocenters. The Balaban J connectivity index is 2.11. The number of aryl methyl sites for hydroxylation is 1. The SMILES string of the molecule is CCNC(=O)[C@H](CC)N(Cc1ccc(F)cc1)C(=O)CN(c1ccc(OC)cc1)S(=O)(=O)c1ccc(C)c([N+](=O)[O-])c1. The normalized spacial score (nSPS) is 11.8. The van der Waals surface area contributed by atoms with Crippen molar-refractivity contribution in [3.05, 3.63) is 93.8 Å². The second-order valence-corrected chi connectivity index (χ2v) is 11.2.